The molecular formula is C7H13O4-. The Hall–Kier alpha value is -0.610. The van der Waals surface area contributed by atoms with Crippen molar-refractivity contribution in [2.24, 2.45) is 0 Å². The molecule has 0 amide bonds. The highest BCUT2D eigenvalue weighted by Crippen LogP contribution is 1.87. The zero-order chi connectivity index (χ0) is 8.53. The number of ether oxygens (including phenoxy) is 2. The number of carbonyl (C=O) groups is 1. The summed E-state index contributed by atoms with van der Waals surface area (Å²) in [4.78, 5) is 9.90. The lowest BCUT2D eigenvalue weighted by Gasteiger charge is -2.03. The molecule has 0 atom stereocenters. The Balaban J connectivity index is 2.85. The molecule has 0 aromatic carbocycles. The van der Waals surface area contributed by atoms with Crippen molar-refractivity contribution in [1.82, 2.24) is 0 Å². The van der Waals surface area contributed by atoms with Gasteiger partial charge in [-0.1, -0.05) is 0 Å². The predicted molar refractivity (Wildman–Crippen MR) is 36.9 cm³/mol. The fourth-order valence-corrected chi connectivity index (χ4v) is 0.563. The Kier molecular flexibility index (Phi) is 7.08. The molecule has 0 unspecified atom stereocenters. The number of rotatable bonds is 7. The van der Waals surface area contributed by atoms with Crippen molar-refractivity contribution in [3.8, 4) is 0 Å². The molecule has 0 radical (unpaired) electrons. The lowest BCUT2D eigenvalue weighted by Crippen LogP contribution is -2.22. The van der Waals surface area contributed by atoms with Crippen molar-refractivity contribution >= 4 is 5.97 Å². The summed E-state index contributed by atoms with van der Waals surface area (Å²) < 4.78 is 9.72. The third kappa shape index (κ3) is 9.39. The van der Waals surface area contributed by atoms with Gasteiger partial charge in [-0.25, -0.2) is 0 Å². The van der Waals surface area contributed by atoms with E-state index in [-0.39, 0.29) is 6.42 Å². The Bertz CT molecular complexity index is 103. The first-order chi connectivity index (χ1) is 5.27. The summed E-state index contributed by atoms with van der Waals surface area (Å²) in [5.74, 6) is -1.03. The van der Waals surface area contributed by atoms with Crippen molar-refractivity contribution in [1.29, 1.82) is 0 Å². The van der Waals surface area contributed by atoms with Crippen LogP contribution in [0.5, 0.6) is 0 Å². The quantitative estimate of drug-likeness (QED) is 0.458. The molecule has 0 rings (SSSR count). The van der Waals surface area contributed by atoms with Gasteiger partial charge in [0, 0.05) is 19.7 Å². The van der Waals surface area contributed by atoms with Gasteiger partial charge in [0.2, 0.25) is 0 Å². The second-order valence-corrected chi connectivity index (χ2v) is 2.08. The van der Waals surface area contributed by atoms with Crippen LogP contribution in [0.2, 0.25) is 0 Å². The Morgan fingerprint density at radius 2 is 2.09 bits per heavy atom. The average Bonchev–Trinajstić information content (AvgIpc) is 1.96. The zero-order valence-electron chi connectivity index (χ0n) is 6.67. The van der Waals surface area contributed by atoms with Gasteiger partial charge in [0.1, 0.15) is 0 Å². The van der Waals surface area contributed by atoms with E-state index in [4.69, 9.17) is 9.47 Å². The Labute approximate surface area is 66.1 Å². The number of aliphatic carboxylic acids is 1. The third-order valence-electron chi connectivity index (χ3n) is 1.10. The smallest absolute Gasteiger partial charge is 0.0700 e. The van der Waals surface area contributed by atoms with Gasteiger partial charge in [-0.05, 0) is 12.8 Å². The summed E-state index contributed by atoms with van der Waals surface area (Å²) in [6.45, 7) is 1.52. The summed E-state index contributed by atoms with van der Waals surface area (Å²) in [7, 11) is 1.59. The molecule has 0 aromatic heterocycles. The highest BCUT2D eigenvalue weighted by Gasteiger charge is 1.88. The van der Waals surface area contributed by atoms with Crippen LogP contribution in [-0.2, 0) is 14.3 Å². The molecule has 0 saturated heterocycles. The predicted octanol–water partition coefficient (Wildman–Crippen LogP) is -0.820. The highest BCUT2D eigenvalue weighted by molar-refractivity contribution is 5.64. The van der Waals surface area contributed by atoms with Crippen molar-refractivity contribution in [2.45, 2.75) is 12.8 Å². The minimum atomic E-state index is -1.03. The lowest BCUT2D eigenvalue weighted by atomic mass is 10.3. The van der Waals surface area contributed by atoms with E-state index >= 15 is 0 Å². The fraction of sp³-hybridized carbons (Fsp3) is 0.857. The molecule has 0 aliphatic rings. The largest absolute Gasteiger partial charge is 0.550 e. The van der Waals surface area contributed by atoms with Crippen LogP contribution in [0.1, 0.15) is 12.8 Å². The molecule has 0 saturated carbocycles. The summed E-state index contributed by atoms with van der Waals surface area (Å²) in [5, 5.41) is 9.90. The van der Waals surface area contributed by atoms with Crippen LogP contribution in [0.3, 0.4) is 0 Å². The highest BCUT2D eigenvalue weighted by atomic mass is 16.5. The van der Waals surface area contributed by atoms with E-state index in [0.717, 1.165) is 0 Å². The second kappa shape index (κ2) is 7.50. The van der Waals surface area contributed by atoms with Crippen molar-refractivity contribution in [3.05, 3.63) is 0 Å². The monoisotopic (exact) mass is 161 g/mol. The number of carboxylic acids is 1. The van der Waals surface area contributed by atoms with Crippen molar-refractivity contribution in [2.75, 3.05) is 26.9 Å². The van der Waals surface area contributed by atoms with Crippen LogP contribution in [0.25, 0.3) is 0 Å². The number of hydrogen-bond donors (Lipinski definition) is 0. The summed E-state index contributed by atoms with van der Waals surface area (Å²) >= 11 is 0. The van der Waals surface area contributed by atoms with E-state index in [1.54, 1.807) is 7.11 Å². The maximum atomic E-state index is 9.90. The number of carbonyl (C=O) groups excluding carboxylic acids is 1. The van der Waals surface area contributed by atoms with Crippen molar-refractivity contribution < 1.29 is 19.4 Å². The van der Waals surface area contributed by atoms with E-state index in [1.165, 1.54) is 0 Å². The van der Waals surface area contributed by atoms with Crippen LogP contribution < -0.4 is 5.11 Å². The number of carboxylic acid groups (broad SMARTS) is 1. The summed E-state index contributed by atoms with van der Waals surface area (Å²) in [6.07, 6.45) is 0.568. The molecule has 4 heteroatoms. The number of hydrogen-bond acceptors (Lipinski definition) is 4. The zero-order valence-corrected chi connectivity index (χ0v) is 6.67. The van der Waals surface area contributed by atoms with E-state index < -0.39 is 5.97 Å². The van der Waals surface area contributed by atoms with Gasteiger partial charge >= 0.3 is 0 Å². The SMILES string of the molecule is COCCOCCCC(=O)[O-]. The van der Waals surface area contributed by atoms with Crippen LogP contribution in [0.4, 0.5) is 0 Å². The molecular weight excluding hydrogens is 148 g/mol. The first-order valence-corrected chi connectivity index (χ1v) is 3.54. The summed E-state index contributed by atoms with van der Waals surface area (Å²) in [6, 6.07) is 0. The topological polar surface area (TPSA) is 58.6 Å². The third-order valence-corrected chi connectivity index (χ3v) is 1.10. The van der Waals surface area contributed by atoms with Crippen LogP contribution in [0.15, 0.2) is 0 Å². The van der Waals surface area contributed by atoms with E-state index in [9.17, 15) is 9.90 Å². The molecule has 4 nitrogen and oxygen atoms in total. The molecule has 0 heterocycles. The van der Waals surface area contributed by atoms with E-state index in [1.807, 2.05) is 0 Å². The minimum Gasteiger partial charge on any atom is -0.550 e. The van der Waals surface area contributed by atoms with Gasteiger partial charge in [-0.2, -0.15) is 0 Å². The molecule has 66 valence electrons. The van der Waals surface area contributed by atoms with Crippen LogP contribution in [0, 0.1) is 0 Å². The van der Waals surface area contributed by atoms with Crippen LogP contribution >= 0.6 is 0 Å². The van der Waals surface area contributed by atoms with Gasteiger partial charge in [0.25, 0.3) is 0 Å². The van der Waals surface area contributed by atoms with E-state index in [0.29, 0.717) is 26.2 Å². The Morgan fingerprint density at radius 3 is 2.64 bits per heavy atom. The first-order valence-electron chi connectivity index (χ1n) is 3.54. The molecule has 11 heavy (non-hydrogen) atoms. The lowest BCUT2D eigenvalue weighted by molar-refractivity contribution is -0.305. The van der Waals surface area contributed by atoms with Crippen LogP contribution in [-0.4, -0.2) is 32.9 Å². The average molecular weight is 161 g/mol. The first kappa shape index (κ1) is 10.4. The Morgan fingerprint density at radius 1 is 1.36 bits per heavy atom. The van der Waals surface area contributed by atoms with Gasteiger partial charge in [0.15, 0.2) is 0 Å². The summed E-state index contributed by atoms with van der Waals surface area (Å²) in [5.41, 5.74) is 0. The number of methoxy groups -OCH3 is 1. The maximum Gasteiger partial charge on any atom is 0.0700 e. The molecule has 0 aliphatic heterocycles. The maximum absolute atomic E-state index is 9.90. The standard InChI is InChI=1S/C7H14O4/c1-10-5-6-11-4-2-3-7(8)9/h2-6H2,1H3,(H,8,9)/p-1. The molecule has 0 aliphatic carbocycles. The van der Waals surface area contributed by atoms with E-state index in [2.05, 4.69) is 0 Å². The molecule has 0 spiro atoms. The van der Waals surface area contributed by atoms with Crippen molar-refractivity contribution in [3.63, 3.8) is 0 Å². The molecule has 0 bridgehead atoms. The molecule has 0 N–H and O–H groups in total. The van der Waals surface area contributed by atoms with Gasteiger partial charge in [-0.3, -0.25) is 0 Å². The molecule has 0 fully saturated rings. The molecule has 0 aromatic rings. The second-order valence-electron chi connectivity index (χ2n) is 2.08. The minimum absolute atomic E-state index is 0.0625. The fourth-order valence-electron chi connectivity index (χ4n) is 0.563. The van der Waals surface area contributed by atoms with Gasteiger partial charge in [-0.15, -0.1) is 0 Å². The van der Waals surface area contributed by atoms with Gasteiger partial charge < -0.3 is 19.4 Å². The van der Waals surface area contributed by atoms with Gasteiger partial charge in [0.05, 0.1) is 13.2 Å². The normalized spacial score (nSPS) is 9.91.